The monoisotopic (exact) mass is 170 g/mol. The Morgan fingerprint density at radius 1 is 1.23 bits per heavy atom. The molecule has 13 heavy (non-hydrogen) atoms. The van der Waals surface area contributed by atoms with Crippen LogP contribution in [-0.2, 0) is 0 Å². The zero-order chi connectivity index (χ0) is 9.10. The number of benzene rings is 1. The zero-order valence-electron chi connectivity index (χ0n) is 7.74. The van der Waals surface area contributed by atoms with Crippen molar-refractivity contribution in [2.75, 3.05) is 0 Å². The molecule has 0 fully saturated rings. The van der Waals surface area contributed by atoms with Crippen LogP contribution in [0.25, 0.3) is 5.57 Å². The molecule has 0 saturated carbocycles. The highest BCUT2D eigenvalue weighted by atomic mass is 14.2. The Bertz CT molecular complexity index is 319. The molecule has 1 aromatic rings. The number of hydrogen-bond acceptors (Lipinski definition) is 0. The quantitative estimate of drug-likeness (QED) is 0.594. The fourth-order valence-electron chi connectivity index (χ4n) is 1.83. The molecule has 66 valence electrons. The van der Waals surface area contributed by atoms with Crippen molar-refractivity contribution >= 4 is 5.57 Å². The molecule has 0 amide bonds. The van der Waals surface area contributed by atoms with Gasteiger partial charge in [0, 0.05) is 0 Å². The van der Waals surface area contributed by atoms with Crippen LogP contribution < -0.4 is 0 Å². The van der Waals surface area contributed by atoms with Crippen LogP contribution in [0.5, 0.6) is 0 Å². The molecule has 0 heteroatoms. The second kappa shape index (κ2) is 3.61. The topological polar surface area (TPSA) is 0 Å². The average Bonchev–Trinajstić information content (AvgIpc) is 2.67. The molecule has 0 N–H and O–H groups in total. The van der Waals surface area contributed by atoms with Crippen molar-refractivity contribution in [3.05, 3.63) is 54.6 Å². The van der Waals surface area contributed by atoms with E-state index in [4.69, 9.17) is 0 Å². The lowest BCUT2D eigenvalue weighted by Crippen LogP contribution is -1.80. The molecule has 1 aliphatic carbocycles. The van der Waals surface area contributed by atoms with E-state index < -0.39 is 0 Å². The fraction of sp³-hybridized carbons (Fsp3) is 0.231. The summed E-state index contributed by atoms with van der Waals surface area (Å²) in [4.78, 5) is 0. The van der Waals surface area contributed by atoms with E-state index in [9.17, 15) is 0 Å². The Kier molecular flexibility index (Phi) is 2.31. The van der Waals surface area contributed by atoms with Gasteiger partial charge < -0.3 is 0 Å². The number of rotatable bonds is 2. The van der Waals surface area contributed by atoms with Gasteiger partial charge in [-0.3, -0.25) is 0 Å². The fourth-order valence-corrected chi connectivity index (χ4v) is 1.83. The van der Waals surface area contributed by atoms with Gasteiger partial charge in [-0.15, -0.1) is 6.58 Å². The summed E-state index contributed by atoms with van der Waals surface area (Å²) in [5.41, 5.74) is 2.84. The Morgan fingerprint density at radius 2 is 2.00 bits per heavy atom. The van der Waals surface area contributed by atoms with Crippen LogP contribution in [0.2, 0.25) is 0 Å². The first kappa shape index (κ1) is 8.31. The Hall–Kier alpha value is -1.30. The lowest BCUT2D eigenvalue weighted by Gasteiger charge is -1.99. The molecular weight excluding hydrogens is 156 g/mol. The second-order valence-corrected chi connectivity index (χ2v) is 3.50. The Morgan fingerprint density at radius 3 is 2.62 bits per heavy atom. The maximum absolute atomic E-state index is 3.83. The van der Waals surface area contributed by atoms with Crippen LogP contribution in [0.3, 0.4) is 0 Å². The van der Waals surface area contributed by atoms with E-state index >= 15 is 0 Å². The van der Waals surface area contributed by atoms with Gasteiger partial charge in [0.05, 0.1) is 0 Å². The molecule has 0 aliphatic heterocycles. The van der Waals surface area contributed by atoms with Gasteiger partial charge in [-0.05, 0) is 29.9 Å². The van der Waals surface area contributed by atoms with E-state index in [0.29, 0.717) is 5.92 Å². The summed E-state index contributed by atoms with van der Waals surface area (Å²) in [6.07, 6.45) is 6.80. The van der Waals surface area contributed by atoms with E-state index in [1.54, 1.807) is 0 Å². The molecule has 0 nitrogen and oxygen atoms in total. The van der Waals surface area contributed by atoms with Gasteiger partial charge in [0.2, 0.25) is 0 Å². The summed E-state index contributed by atoms with van der Waals surface area (Å²) in [6.45, 7) is 3.83. The summed E-state index contributed by atoms with van der Waals surface area (Å²) in [7, 11) is 0. The van der Waals surface area contributed by atoms with Crippen molar-refractivity contribution in [1.29, 1.82) is 0 Å². The summed E-state index contributed by atoms with van der Waals surface area (Å²) in [6, 6.07) is 10.6. The first-order valence-electron chi connectivity index (χ1n) is 4.79. The molecule has 1 aliphatic rings. The van der Waals surface area contributed by atoms with Crippen LogP contribution in [-0.4, -0.2) is 0 Å². The standard InChI is InChI=1S/C13H14/c1-2-11-8-9-13(10-11)12-6-4-3-5-7-12/h2-7,10-11H,1,8-9H2. The third kappa shape index (κ3) is 1.72. The van der Waals surface area contributed by atoms with E-state index in [-0.39, 0.29) is 0 Å². The Labute approximate surface area is 79.6 Å². The molecule has 0 heterocycles. The largest absolute Gasteiger partial charge is 0.102 e. The summed E-state index contributed by atoms with van der Waals surface area (Å²) in [5, 5.41) is 0. The number of hydrogen-bond donors (Lipinski definition) is 0. The first-order chi connectivity index (χ1) is 6.40. The highest BCUT2D eigenvalue weighted by molar-refractivity contribution is 5.67. The van der Waals surface area contributed by atoms with E-state index in [1.807, 2.05) is 6.08 Å². The smallest absolute Gasteiger partial charge is 0.00470 e. The van der Waals surface area contributed by atoms with E-state index in [1.165, 1.54) is 24.0 Å². The molecular formula is C13H14. The van der Waals surface area contributed by atoms with Crippen LogP contribution in [0, 0.1) is 5.92 Å². The first-order valence-corrected chi connectivity index (χ1v) is 4.79. The van der Waals surface area contributed by atoms with Crippen molar-refractivity contribution in [1.82, 2.24) is 0 Å². The minimum absolute atomic E-state index is 0.593. The molecule has 0 saturated heterocycles. The number of allylic oxidation sites excluding steroid dienone is 3. The lowest BCUT2D eigenvalue weighted by atomic mass is 10.1. The maximum atomic E-state index is 3.83. The SMILES string of the molecule is C=CC1C=C(c2ccccc2)CC1. The maximum Gasteiger partial charge on any atom is -0.00470 e. The molecule has 0 spiro atoms. The second-order valence-electron chi connectivity index (χ2n) is 3.50. The van der Waals surface area contributed by atoms with Gasteiger partial charge in [0.25, 0.3) is 0 Å². The molecule has 0 bridgehead atoms. The third-order valence-electron chi connectivity index (χ3n) is 2.61. The normalized spacial score (nSPS) is 21.2. The molecule has 2 rings (SSSR count). The van der Waals surface area contributed by atoms with Crippen LogP contribution in [0.1, 0.15) is 18.4 Å². The minimum Gasteiger partial charge on any atom is -0.102 e. The molecule has 0 aromatic heterocycles. The van der Waals surface area contributed by atoms with Gasteiger partial charge in [-0.2, -0.15) is 0 Å². The van der Waals surface area contributed by atoms with Crippen molar-refractivity contribution in [2.24, 2.45) is 5.92 Å². The lowest BCUT2D eigenvalue weighted by molar-refractivity contribution is 0.776. The van der Waals surface area contributed by atoms with Gasteiger partial charge in [0.15, 0.2) is 0 Å². The molecule has 1 unspecified atom stereocenters. The predicted molar refractivity (Wildman–Crippen MR) is 57.3 cm³/mol. The predicted octanol–water partition coefficient (Wildman–Crippen LogP) is 3.67. The van der Waals surface area contributed by atoms with Gasteiger partial charge in [0.1, 0.15) is 0 Å². The Balaban J connectivity index is 2.24. The van der Waals surface area contributed by atoms with Crippen molar-refractivity contribution in [2.45, 2.75) is 12.8 Å². The van der Waals surface area contributed by atoms with Gasteiger partial charge in [-0.1, -0.05) is 42.5 Å². The highest BCUT2D eigenvalue weighted by Gasteiger charge is 2.13. The average molecular weight is 170 g/mol. The zero-order valence-corrected chi connectivity index (χ0v) is 7.74. The summed E-state index contributed by atoms with van der Waals surface area (Å²) < 4.78 is 0. The third-order valence-corrected chi connectivity index (χ3v) is 2.61. The molecule has 0 radical (unpaired) electrons. The van der Waals surface area contributed by atoms with E-state index in [2.05, 4.69) is 43.0 Å². The summed E-state index contributed by atoms with van der Waals surface area (Å²) >= 11 is 0. The molecule has 1 aromatic carbocycles. The minimum atomic E-state index is 0.593. The molecule has 1 atom stereocenters. The summed E-state index contributed by atoms with van der Waals surface area (Å²) in [5.74, 6) is 0.593. The van der Waals surface area contributed by atoms with Crippen LogP contribution >= 0.6 is 0 Å². The van der Waals surface area contributed by atoms with Gasteiger partial charge >= 0.3 is 0 Å². The van der Waals surface area contributed by atoms with Crippen molar-refractivity contribution in [3.63, 3.8) is 0 Å². The highest BCUT2D eigenvalue weighted by Crippen LogP contribution is 2.31. The van der Waals surface area contributed by atoms with E-state index in [0.717, 1.165) is 0 Å². The van der Waals surface area contributed by atoms with Crippen molar-refractivity contribution < 1.29 is 0 Å². The van der Waals surface area contributed by atoms with Crippen molar-refractivity contribution in [3.8, 4) is 0 Å². The van der Waals surface area contributed by atoms with Crippen LogP contribution in [0.15, 0.2) is 49.1 Å². The van der Waals surface area contributed by atoms with Gasteiger partial charge in [-0.25, -0.2) is 0 Å². The van der Waals surface area contributed by atoms with Crippen LogP contribution in [0.4, 0.5) is 0 Å².